The van der Waals surface area contributed by atoms with E-state index in [2.05, 4.69) is 28.1 Å². The number of likely N-dealkylation sites (N-methyl/N-ethyl adjacent to an activating group) is 7. The molecule has 7 heterocycles. The summed E-state index contributed by atoms with van der Waals surface area (Å²) in [6.07, 6.45) is 9.35. The molecule has 13 atom stereocenters. The first-order chi connectivity index (χ1) is 51.5. The third kappa shape index (κ3) is 21.3. The van der Waals surface area contributed by atoms with Crippen LogP contribution in [0.25, 0.3) is 0 Å². The molecule has 612 valence electrons. The van der Waals surface area contributed by atoms with E-state index in [1.807, 2.05) is 26.8 Å². The molecule has 1 spiro atoms. The maximum absolute atomic E-state index is 15.9. The first-order valence-electron chi connectivity index (χ1n) is 40.4. The molecule has 3 N–H and O–H groups in total. The molecule has 0 aromatic carbocycles. The van der Waals surface area contributed by atoms with Crippen LogP contribution in [0, 0.1) is 40.9 Å². The second-order valence-corrected chi connectivity index (χ2v) is 33.7. The Hall–Kier alpha value is -7.17. The van der Waals surface area contributed by atoms with E-state index in [4.69, 9.17) is 9.47 Å². The number of halogens is 3. The van der Waals surface area contributed by atoms with E-state index in [1.165, 1.54) is 93.5 Å². The lowest BCUT2D eigenvalue weighted by Crippen LogP contribution is -2.71. The van der Waals surface area contributed by atoms with Crippen LogP contribution in [0.5, 0.6) is 0 Å². The van der Waals surface area contributed by atoms with Gasteiger partial charge in [0.25, 0.3) is 0 Å². The second-order valence-electron chi connectivity index (χ2n) is 33.7. The fourth-order valence-corrected chi connectivity index (χ4v) is 18.7. The SMILES string of the molecule is CCO[C@@H]1C[C@H]2C(=O)NC3(CC(C)(C)C3)C(=O)N(C)[C@@H](C3CCCC3)C(=O)N(C)[C@H](C(=O)N(C)CC)CC(=O)N(C)[C@H]3CCCC/C=C/C4CCC(CC4)C[C@@H](C(=O)N(C)CC(=O)N[C@@H](CCC4CCC(C(F)(F)F)C(OC)C4)C(=O)N2C1)N1CC/C=C\C[C@@H](C1=O)N(C)C(=O)CN(C)C(=O)[C@H]([C@@H](C)CC)NC3=O. The Labute approximate surface area is 643 Å². The Kier molecular flexibility index (Phi) is 30.8. The van der Waals surface area contributed by atoms with Crippen molar-refractivity contribution in [2.24, 2.45) is 40.9 Å². The number of nitrogens with zero attached hydrogens (tertiary/aromatic N) is 9. The van der Waals surface area contributed by atoms with E-state index in [9.17, 15) is 27.6 Å². The molecule has 29 heteroatoms. The van der Waals surface area contributed by atoms with E-state index in [1.54, 1.807) is 33.9 Å². The molecule has 0 radical (unpaired) electrons. The summed E-state index contributed by atoms with van der Waals surface area (Å²) in [7, 11) is 11.5. The van der Waals surface area contributed by atoms with Gasteiger partial charge < -0.3 is 69.5 Å². The number of carbonyl (C=O) groups excluding carboxylic acids is 12. The molecule has 2 saturated heterocycles. The fourth-order valence-electron chi connectivity index (χ4n) is 18.7. The molecule has 6 bridgehead atoms. The number of alkyl halides is 3. The van der Waals surface area contributed by atoms with Gasteiger partial charge in [-0.1, -0.05) is 77.7 Å². The van der Waals surface area contributed by atoms with Crippen LogP contribution in [-0.2, 0) is 67.0 Å². The minimum atomic E-state index is -4.52. The van der Waals surface area contributed by atoms with Crippen LogP contribution in [0.1, 0.15) is 202 Å². The Balaban J connectivity index is 1.26. The van der Waals surface area contributed by atoms with Gasteiger partial charge in [0.2, 0.25) is 70.9 Å². The third-order valence-corrected chi connectivity index (χ3v) is 25.4. The topological polar surface area (TPSA) is 289 Å². The summed E-state index contributed by atoms with van der Waals surface area (Å²) in [5, 5.41) is 8.99. The van der Waals surface area contributed by atoms with Gasteiger partial charge in [-0.15, -0.1) is 0 Å². The van der Waals surface area contributed by atoms with Crippen LogP contribution in [0.2, 0.25) is 0 Å². The standard InChI is InChI=1S/C80H127F3N12O14/c1-15-50(4)67-75(105)89(9)47-66(98)91(11)59-31-23-20-26-40-94(74(59)104)62-41-52-34-32-51(33-35-52)27-21-18-19-22-30-58(69(99)85-67)90(10)65(97)44-61(72(102)87(7)16-2)92(12)76(106)68(54-28-24-25-29-54)93(13)77(107)79(48-78(5,6)49-79)86-70(100)60-43-55(109-17-3)45-95(60)71(101)57(84-64(96)46-88(8)73(62)103)39-37-53-36-38-56(80(81,82)83)63(42-53)108-14/h20-21,23,27,50-63,67-68H,15-19,22,24-26,28-49H2,1-14H3,(H,84,96)(H,85,99)(H,86,100)/b23-20-,27-21+/t50-,51?,52?,53?,55+,56?,57-,58-,59-,60-,61-,62-,63?,67-,68-/m0/s1. The van der Waals surface area contributed by atoms with E-state index >= 15 is 43.2 Å². The summed E-state index contributed by atoms with van der Waals surface area (Å²) in [5.74, 6) is -10.6. The Morgan fingerprint density at radius 1 is 0.651 bits per heavy atom. The van der Waals surface area contributed by atoms with Crippen molar-refractivity contribution in [2.75, 3.05) is 95.8 Å². The maximum atomic E-state index is 15.9. The Morgan fingerprint density at radius 3 is 1.94 bits per heavy atom. The van der Waals surface area contributed by atoms with Crippen molar-refractivity contribution in [1.82, 2.24) is 60.0 Å². The molecule has 109 heavy (non-hydrogen) atoms. The average Bonchev–Trinajstić information content (AvgIpc) is 1.42. The normalized spacial score (nSPS) is 32.5. The van der Waals surface area contributed by atoms with Crippen LogP contribution >= 0.6 is 0 Å². The van der Waals surface area contributed by atoms with Gasteiger partial charge in [-0.25, -0.2) is 0 Å². The first kappa shape index (κ1) is 87.4. The van der Waals surface area contributed by atoms with Crippen LogP contribution in [0.4, 0.5) is 13.2 Å². The highest BCUT2D eigenvalue weighted by atomic mass is 19.4. The molecule has 3 unspecified atom stereocenters. The molecular formula is C80H127F3N12O14. The summed E-state index contributed by atoms with van der Waals surface area (Å²) < 4.78 is 54.7. The van der Waals surface area contributed by atoms with Crippen molar-refractivity contribution in [2.45, 2.75) is 274 Å². The van der Waals surface area contributed by atoms with E-state index in [0.717, 1.165) is 25.7 Å². The molecule has 4 saturated carbocycles. The highest BCUT2D eigenvalue weighted by Gasteiger charge is 2.60. The second kappa shape index (κ2) is 38.4. The first-order valence-corrected chi connectivity index (χ1v) is 40.4. The molecule has 12 amide bonds. The van der Waals surface area contributed by atoms with Gasteiger partial charge in [-0.2, -0.15) is 13.2 Å². The molecule has 26 nitrogen and oxygen atoms in total. The summed E-state index contributed by atoms with van der Waals surface area (Å²) in [6, 6.07) is -10.1. The number of rotatable bonds is 11. The predicted octanol–water partition coefficient (Wildman–Crippen LogP) is 6.63. The minimum Gasteiger partial charge on any atom is -0.381 e. The lowest BCUT2D eigenvalue weighted by atomic mass is 9.58. The van der Waals surface area contributed by atoms with Crippen molar-refractivity contribution in [3.05, 3.63) is 24.3 Å². The molecule has 11 rings (SSSR count). The lowest BCUT2D eigenvalue weighted by Gasteiger charge is -2.54. The lowest BCUT2D eigenvalue weighted by molar-refractivity contribution is -0.215. The van der Waals surface area contributed by atoms with Crippen molar-refractivity contribution in [1.29, 1.82) is 0 Å². The van der Waals surface area contributed by atoms with Gasteiger partial charge in [0.05, 0.1) is 37.6 Å². The molecule has 7 aliphatic heterocycles. The zero-order valence-electron chi connectivity index (χ0n) is 67.3. The predicted molar refractivity (Wildman–Crippen MR) is 403 cm³/mol. The van der Waals surface area contributed by atoms with E-state index in [0.29, 0.717) is 57.8 Å². The van der Waals surface area contributed by atoms with Gasteiger partial charge in [0.15, 0.2) is 0 Å². The van der Waals surface area contributed by atoms with Crippen molar-refractivity contribution in [3.63, 3.8) is 0 Å². The number of hydrogen-bond acceptors (Lipinski definition) is 14. The van der Waals surface area contributed by atoms with Gasteiger partial charge >= 0.3 is 6.18 Å². The van der Waals surface area contributed by atoms with Crippen molar-refractivity contribution < 1.29 is 80.2 Å². The van der Waals surface area contributed by atoms with Crippen LogP contribution in [0.15, 0.2) is 24.3 Å². The summed E-state index contributed by atoms with van der Waals surface area (Å²) in [6.45, 7) is 10.2. The molecular weight excluding hydrogens is 1410 g/mol. The number of amides is 12. The molecule has 0 aromatic heterocycles. The quantitative estimate of drug-likeness (QED) is 0.183. The van der Waals surface area contributed by atoms with Crippen molar-refractivity contribution in [3.8, 4) is 0 Å². The average molecular weight is 1540 g/mol. The van der Waals surface area contributed by atoms with Crippen LogP contribution in [-0.4, -0.2) is 283 Å². The van der Waals surface area contributed by atoms with E-state index in [-0.39, 0.29) is 115 Å². The number of nitrogens with one attached hydrogen (secondary N) is 3. The monoisotopic (exact) mass is 1540 g/mol. The number of allylic oxidation sites excluding steroid dienone is 2. The number of ether oxygens (including phenoxy) is 2. The molecule has 11 aliphatic rings. The number of methoxy groups -OCH3 is 1. The Morgan fingerprint density at radius 2 is 1.31 bits per heavy atom. The largest absolute Gasteiger partial charge is 0.394 e. The zero-order valence-corrected chi connectivity index (χ0v) is 67.3. The van der Waals surface area contributed by atoms with Gasteiger partial charge in [-0.3, -0.25) is 57.5 Å². The molecule has 6 fully saturated rings. The minimum absolute atomic E-state index is 0.0108. The molecule has 0 aromatic rings. The molecule has 4 aliphatic carbocycles. The number of hydrogen-bond donors (Lipinski definition) is 3. The highest BCUT2D eigenvalue weighted by Crippen LogP contribution is 2.50. The van der Waals surface area contributed by atoms with Gasteiger partial charge in [0.1, 0.15) is 53.9 Å². The zero-order chi connectivity index (χ0) is 80.1. The Bertz CT molecular complexity index is 3300. The van der Waals surface area contributed by atoms with E-state index < -0.39 is 186 Å². The van der Waals surface area contributed by atoms with Crippen molar-refractivity contribution >= 4 is 70.9 Å². The summed E-state index contributed by atoms with van der Waals surface area (Å²) >= 11 is 0. The third-order valence-electron chi connectivity index (χ3n) is 25.4. The van der Waals surface area contributed by atoms with Gasteiger partial charge in [-0.05, 0) is 171 Å². The van der Waals surface area contributed by atoms with Gasteiger partial charge in [0, 0.05) is 89.1 Å². The smallest absolute Gasteiger partial charge is 0.381 e. The fraction of sp³-hybridized carbons (Fsp3) is 0.800. The van der Waals surface area contributed by atoms with Crippen LogP contribution in [0.3, 0.4) is 0 Å². The maximum Gasteiger partial charge on any atom is 0.394 e. The number of carbonyl (C=O) groups is 12. The summed E-state index contributed by atoms with van der Waals surface area (Å²) in [5.41, 5.74) is -2.18. The summed E-state index contributed by atoms with van der Waals surface area (Å²) in [4.78, 5) is 196. The highest BCUT2D eigenvalue weighted by molar-refractivity contribution is 6.01. The van der Waals surface area contributed by atoms with Crippen LogP contribution < -0.4 is 16.0 Å².